The number of rotatable bonds is 6. The molecule has 3 rings (SSSR count). The predicted octanol–water partition coefficient (Wildman–Crippen LogP) is 3.60. The standard InChI is InChI=1S/C20H23N3O4/c1-13(21-17-9-5-7-14-6-3-4-8-16(14)17)20(24)22-18-11-10-15(23(25)26)12-19(18)27-2/h3-4,6,8,10-13,17,21H,5,7,9H2,1-2H3,(H,22,24)/t13-,17+/m1/s1. The summed E-state index contributed by atoms with van der Waals surface area (Å²) in [6.07, 6.45) is 3.13. The highest BCUT2D eigenvalue weighted by molar-refractivity contribution is 5.96. The number of non-ortho nitro benzene ring substituents is 1. The Morgan fingerprint density at radius 2 is 2.07 bits per heavy atom. The average Bonchev–Trinajstić information content (AvgIpc) is 2.68. The second-order valence-electron chi connectivity index (χ2n) is 6.66. The number of nitrogens with zero attached hydrogens (tertiary/aromatic N) is 1. The predicted molar refractivity (Wildman–Crippen MR) is 103 cm³/mol. The van der Waals surface area contributed by atoms with Crippen LogP contribution in [-0.2, 0) is 11.2 Å². The summed E-state index contributed by atoms with van der Waals surface area (Å²) in [6, 6.07) is 12.1. The Morgan fingerprint density at radius 1 is 1.30 bits per heavy atom. The first-order valence-corrected chi connectivity index (χ1v) is 8.96. The number of aryl methyl sites for hydroxylation is 1. The van der Waals surface area contributed by atoms with Crippen molar-refractivity contribution in [2.45, 2.75) is 38.3 Å². The monoisotopic (exact) mass is 369 g/mol. The van der Waals surface area contributed by atoms with E-state index in [2.05, 4.69) is 22.8 Å². The van der Waals surface area contributed by atoms with Crippen molar-refractivity contribution in [3.05, 3.63) is 63.7 Å². The van der Waals surface area contributed by atoms with E-state index in [1.807, 2.05) is 19.1 Å². The molecule has 0 aromatic heterocycles. The molecule has 1 aliphatic carbocycles. The minimum Gasteiger partial charge on any atom is -0.494 e. The van der Waals surface area contributed by atoms with Crippen LogP contribution >= 0.6 is 0 Å². The first kappa shape index (κ1) is 18.8. The lowest BCUT2D eigenvalue weighted by atomic mass is 9.87. The highest BCUT2D eigenvalue weighted by Gasteiger charge is 2.24. The first-order valence-electron chi connectivity index (χ1n) is 8.96. The van der Waals surface area contributed by atoms with Crippen LogP contribution in [0.5, 0.6) is 5.75 Å². The molecule has 0 spiro atoms. The summed E-state index contributed by atoms with van der Waals surface area (Å²) >= 11 is 0. The van der Waals surface area contributed by atoms with E-state index in [0.29, 0.717) is 5.69 Å². The van der Waals surface area contributed by atoms with E-state index in [1.54, 1.807) is 0 Å². The van der Waals surface area contributed by atoms with Crippen LogP contribution in [0.4, 0.5) is 11.4 Å². The van der Waals surface area contributed by atoms with Gasteiger partial charge in [-0.1, -0.05) is 24.3 Å². The van der Waals surface area contributed by atoms with Gasteiger partial charge in [0.05, 0.1) is 29.8 Å². The zero-order valence-corrected chi connectivity index (χ0v) is 15.4. The van der Waals surface area contributed by atoms with Gasteiger partial charge in [-0.15, -0.1) is 0 Å². The Kier molecular flexibility index (Phi) is 5.71. The number of fused-ring (bicyclic) bond motifs is 1. The van der Waals surface area contributed by atoms with E-state index in [-0.39, 0.29) is 23.4 Å². The van der Waals surface area contributed by atoms with Gasteiger partial charge in [-0.25, -0.2) is 0 Å². The van der Waals surface area contributed by atoms with Gasteiger partial charge in [0.1, 0.15) is 5.75 Å². The lowest BCUT2D eigenvalue weighted by Crippen LogP contribution is -2.41. The maximum atomic E-state index is 12.6. The molecule has 2 atom stereocenters. The summed E-state index contributed by atoms with van der Waals surface area (Å²) < 4.78 is 5.17. The fraction of sp³-hybridized carbons (Fsp3) is 0.350. The number of carbonyl (C=O) groups excluding carboxylic acids is 1. The Hall–Kier alpha value is -2.93. The maximum Gasteiger partial charge on any atom is 0.273 e. The van der Waals surface area contributed by atoms with Crippen LogP contribution in [0.25, 0.3) is 0 Å². The molecule has 1 amide bonds. The number of hydrogen-bond acceptors (Lipinski definition) is 5. The number of methoxy groups -OCH3 is 1. The minimum absolute atomic E-state index is 0.0881. The fourth-order valence-corrected chi connectivity index (χ4v) is 3.44. The highest BCUT2D eigenvalue weighted by Crippen LogP contribution is 2.31. The summed E-state index contributed by atoms with van der Waals surface area (Å²) in [5, 5.41) is 17.1. The number of hydrogen-bond donors (Lipinski definition) is 2. The summed E-state index contributed by atoms with van der Waals surface area (Å²) in [7, 11) is 1.41. The van der Waals surface area contributed by atoms with Crippen molar-refractivity contribution in [2.75, 3.05) is 12.4 Å². The van der Waals surface area contributed by atoms with Crippen molar-refractivity contribution in [1.82, 2.24) is 5.32 Å². The Balaban J connectivity index is 1.69. The van der Waals surface area contributed by atoms with E-state index in [0.717, 1.165) is 19.3 Å². The molecule has 0 bridgehead atoms. The Morgan fingerprint density at radius 3 is 2.81 bits per heavy atom. The SMILES string of the molecule is COc1cc([N+](=O)[O-])ccc1NC(=O)[C@@H](C)N[C@H]1CCCc2ccccc21. The molecule has 0 aliphatic heterocycles. The van der Waals surface area contributed by atoms with Gasteiger partial charge in [0.2, 0.25) is 5.91 Å². The number of nitro groups is 1. The molecule has 2 aromatic rings. The number of carbonyl (C=O) groups is 1. The molecule has 1 aliphatic rings. The number of amides is 1. The molecule has 142 valence electrons. The van der Waals surface area contributed by atoms with Crippen LogP contribution in [0.3, 0.4) is 0 Å². The van der Waals surface area contributed by atoms with Crippen LogP contribution in [0.15, 0.2) is 42.5 Å². The molecule has 0 heterocycles. The summed E-state index contributed by atoms with van der Waals surface area (Å²) in [5.41, 5.74) is 2.89. The van der Waals surface area contributed by atoms with Crippen molar-refractivity contribution >= 4 is 17.3 Å². The van der Waals surface area contributed by atoms with Gasteiger partial charge < -0.3 is 10.1 Å². The van der Waals surface area contributed by atoms with Crippen molar-refractivity contribution < 1.29 is 14.5 Å². The van der Waals surface area contributed by atoms with Crippen molar-refractivity contribution in [2.24, 2.45) is 0 Å². The fourth-order valence-electron chi connectivity index (χ4n) is 3.44. The molecule has 7 heteroatoms. The molecule has 2 N–H and O–H groups in total. The molecule has 7 nitrogen and oxygen atoms in total. The van der Waals surface area contributed by atoms with Crippen molar-refractivity contribution in [1.29, 1.82) is 0 Å². The number of ether oxygens (including phenoxy) is 1. The zero-order valence-electron chi connectivity index (χ0n) is 15.4. The van der Waals surface area contributed by atoms with Crippen LogP contribution in [0.1, 0.15) is 36.9 Å². The smallest absolute Gasteiger partial charge is 0.273 e. The third-order valence-corrected chi connectivity index (χ3v) is 4.87. The average molecular weight is 369 g/mol. The maximum absolute atomic E-state index is 12.6. The second kappa shape index (κ2) is 8.18. The minimum atomic E-state index is -0.501. The lowest BCUT2D eigenvalue weighted by molar-refractivity contribution is -0.384. The summed E-state index contributed by atoms with van der Waals surface area (Å²) in [6.45, 7) is 1.81. The molecule has 0 saturated carbocycles. The van der Waals surface area contributed by atoms with Gasteiger partial charge in [-0.2, -0.15) is 0 Å². The number of nitrogens with one attached hydrogen (secondary N) is 2. The van der Waals surface area contributed by atoms with Crippen molar-refractivity contribution in [3.63, 3.8) is 0 Å². The van der Waals surface area contributed by atoms with Gasteiger partial charge in [-0.3, -0.25) is 20.2 Å². The molecule has 0 radical (unpaired) electrons. The van der Waals surface area contributed by atoms with E-state index < -0.39 is 11.0 Å². The topological polar surface area (TPSA) is 93.5 Å². The van der Waals surface area contributed by atoms with Crippen LogP contribution in [0.2, 0.25) is 0 Å². The lowest BCUT2D eigenvalue weighted by Gasteiger charge is -2.29. The van der Waals surface area contributed by atoms with Crippen LogP contribution in [0, 0.1) is 10.1 Å². The van der Waals surface area contributed by atoms with E-state index in [4.69, 9.17) is 4.74 Å². The zero-order chi connectivity index (χ0) is 19.4. The third-order valence-electron chi connectivity index (χ3n) is 4.87. The van der Waals surface area contributed by atoms with Gasteiger partial charge in [0.15, 0.2) is 0 Å². The number of benzene rings is 2. The largest absolute Gasteiger partial charge is 0.494 e. The third kappa shape index (κ3) is 4.25. The second-order valence-corrected chi connectivity index (χ2v) is 6.66. The molecule has 0 unspecified atom stereocenters. The van der Waals surface area contributed by atoms with E-state index >= 15 is 0 Å². The molecule has 0 fully saturated rings. The van der Waals surface area contributed by atoms with E-state index in [1.165, 1.54) is 36.4 Å². The van der Waals surface area contributed by atoms with Gasteiger partial charge in [0, 0.05) is 12.1 Å². The molecule has 0 saturated heterocycles. The summed E-state index contributed by atoms with van der Waals surface area (Å²) in [5.74, 6) is 0.0398. The first-order chi connectivity index (χ1) is 13.0. The summed E-state index contributed by atoms with van der Waals surface area (Å²) in [4.78, 5) is 23.0. The van der Waals surface area contributed by atoms with Gasteiger partial charge in [0.25, 0.3) is 5.69 Å². The number of anilines is 1. The van der Waals surface area contributed by atoms with Crippen LogP contribution in [-0.4, -0.2) is 24.0 Å². The molecule has 2 aromatic carbocycles. The van der Waals surface area contributed by atoms with E-state index in [9.17, 15) is 14.9 Å². The normalized spacial score (nSPS) is 16.9. The van der Waals surface area contributed by atoms with Crippen LogP contribution < -0.4 is 15.4 Å². The van der Waals surface area contributed by atoms with Gasteiger partial charge >= 0.3 is 0 Å². The highest BCUT2D eigenvalue weighted by atomic mass is 16.6. The van der Waals surface area contributed by atoms with Gasteiger partial charge in [-0.05, 0) is 43.4 Å². The molecular weight excluding hydrogens is 346 g/mol. The Labute approximate surface area is 157 Å². The molecule has 27 heavy (non-hydrogen) atoms. The quantitative estimate of drug-likeness (QED) is 0.599. The molecular formula is C20H23N3O4. The Bertz CT molecular complexity index is 853. The van der Waals surface area contributed by atoms with Crippen molar-refractivity contribution in [3.8, 4) is 5.75 Å². The number of nitro benzene ring substituents is 1.